The second kappa shape index (κ2) is 5.57. The van der Waals surface area contributed by atoms with Gasteiger partial charge in [-0.05, 0) is 18.7 Å². The first-order valence-electron chi connectivity index (χ1n) is 5.15. The normalized spacial score (nSPS) is 11.0. The molecule has 0 fully saturated rings. The van der Waals surface area contributed by atoms with Gasteiger partial charge in [0.05, 0.1) is 6.54 Å². The molecule has 2 aromatic rings. The van der Waals surface area contributed by atoms with E-state index in [1.807, 2.05) is 18.2 Å². The molecule has 4 nitrogen and oxygen atoms in total. The van der Waals surface area contributed by atoms with Gasteiger partial charge in [-0.3, -0.25) is 4.90 Å². The monoisotopic (exact) mass is 312 g/mol. The zero-order valence-electron chi connectivity index (χ0n) is 9.43. The van der Waals surface area contributed by atoms with Gasteiger partial charge in [-0.25, -0.2) is 0 Å². The molecule has 0 atom stereocenters. The Balaban J connectivity index is 1.98. The van der Waals surface area contributed by atoms with Gasteiger partial charge >= 0.3 is 0 Å². The van der Waals surface area contributed by atoms with Gasteiger partial charge in [-0.15, -0.1) is 10.2 Å². The maximum atomic E-state index is 5.55. The van der Waals surface area contributed by atoms with Crippen LogP contribution in [0.2, 0.25) is 0 Å². The summed E-state index contributed by atoms with van der Waals surface area (Å²) < 4.78 is 1.13. The highest BCUT2D eigenvalue weighted by Gasteiger charge is 2.07. The lowest BCUT2D eigenvalue weighted by Crippen LogP contribution is -2.17. The Morgan fingerprint density at radius 2 is 2.06 bits per heavy atom. The minimum atomic E-state index is 0.522. The van der Waals surface area contributed by atoms with Crippen molar-refractivity contribution in [1.29, 1.82) is 0 Å². The molecule has 1 heterocycles. The van der Waals surface area contributed by atoms with E-state index in [0.29, 0.717) is 5.13 Å². The van der Waals surface area contributed by atoms with E-state index < -0.39 is 0 Å². The number of nitrogen functional groups attached to an aromatic ring is 1. The maximum absolute atomic E-state index is 5.55. The van der Waals surface area contributed by atoms with Gasteiger partial charge in [-0.1, -0.05) is 45.5 Å². The summed E-state index contributed by atoms with van der Waals surface area (Å²) in [5.41, 5.74) is 6.81. The molecule has 1 aromatic heterocycles. The first-order valence-corrected chi connectivity index (χ1v) is 6.76. The third-order valence-electron chi connectivity index (χ3n) is 2.29. The predicted octanol–water partition coefficient (Wildman–Crippen LogP) is 2.51. The van der Waals surface area contributed by atoms with Gasteiger partial charge in [0.15, 0.2) is 0 Å². The summed E-state index contributed by atoms with van der Waals surface area (Å²) in [6.07, 6.45) is 0. The number of rotatable bonds is 4. The van der Waals surface area contributed by atoms with Gasteiger partial charge in [0.2, 0.25) is 5.13 Å². The van der Waals surface area contributed by atoms with E-state index in [1.165, 1.54) is 16.9 Å². The Morgan fingerprint density at radius 3 is 2.71 bits per heavy atom. The summed E-state index contributed by atoms with van der Waals surface area (Å²) >= 11 is 4.98. The fourth-order valence-electron chi connectivity index (χ4n) is 1.53. The van der Waals surface area contributed by atoms with Crippen LogP contribution in [0.4, 0.5) is 5.13 Å². The highest BCUT2D eigenvalue weighted by molar-refractivity contribution is 9.10. The van der Waals surface area contributed by atoms with E-state index in [-0.39, 0.29) is 0 Å². The number of halogens is 1. The fourth-order valence-corrected chi connectivity index (χ4v) is 2.63. The highest BCUT2D eigenvalue weighted by atomic mass is 79.9. The summed E-state index contributed by atoms with van der Waals surface area (Å²) in [6, 6.07) is 8.21. The van der Waals surface area contributed by atoms with Gasteiger partial charge < -0.3 is 5.73 Å². The van der Waals surface area contributed by atoms with Crippen LogP contribution in [0.25, 0.3) is 0 Å². The Kier molecular flexibility index (Phi) is 4.09. The van der Waals surface area contributed by atoms with Gasteiger partial charge in [0.25, 0.3) is 0 Å². The van der Waals surface area contributed by atoms with E-state index >= 15 is 0 Å². The number of nitrogens with two attached hydrogens (primary N) is 1. The van der Waals surface area contributed by atoms with Crippen molar-refractivity contribution in [3.8, 4) is 0 Å². The molecule has 2 N–H and O–H groups in total. The first-order chi connectivity index (χ1) is 8.15. The van der Waals surface area contributed by atoms with Crippen LogP contribution in [0, 0.1) is 0 Å². The van der Waals surface area contributed by atoms with Crippen molar-refractivity contribution >= 4 is 32.4 Å². The molecule has 0 saturated carbocycles. The molecule has 0 saturated heterocycles. The average Bonchev–Trinajstić information content (AvgIpc) is 2.67. The Hall–Kier alpha value is -0.980. The molecule has 0 amide bonds. The van der Waals surface area contributed by atoms with Gasteiger partial charge in [-0.2, -0.15) is 0 Å². The van der Waals surface area contributed by atoms with Crippen LogP contribution in [0.15, 0.2) is 28.7 Å². The summed E-state index contributed by atoms with van der Waals surface area (Å²) in [5.74, 6) is 0. The lowest BCUT2D eigenvalue weighted by atomic mass is 10.2. The van der Waals surface area contributed by atoms with Crippen LogP contribution in [0.3, 0.4) is 0 Å². The quantitative estimate of drug-likeness (QED) is 0.942. The third kappa shape index (κ3) is 3.49. The lowest BCUT2D eigenvalue weighted by molar-refractivity contribution is 0.317. The second-order valence-corrected chi connectivity index (χ2v) is 5.75. The molecule has 0 unspecified atom stereocenters. The first kappa shape index (κ1) is 12.5. The average molecular weight is 313 g/mol. The SMILES string of the molecule is CN(Cc1nnc(N)s1)Cc1ccccc1Br. The number of nitrogens with zero attached hydrogens (tertiary/aromatic N) is 3. The molecular weight excluding hydrogens is 300 g/mol. The van der Waals surface area contributed by atoms with Crippen LogP contribution >= 0.6 is 27.3 Å². The molecule has 0 radical (unpaired) electrons. The molecule has 6 heteroatoms. The standard InChI is InChI=1S/C11H13BrN4S/c1-16(7-10-14-15-11(13)17-10)6-8-4-2-3-5-9(8)12/h2-5H,6-7H2,1H3,(H2,13,15). The minimum Gasteiger partial charge on any atom is -0.374 e. The molecule has 1 aromatic carbocycles. The van der Waals surface area contributed by atoms with Crippen molar-refractivity contribution in [3.63, 3.8) is 0 Å². The number of hydrogen-bond acceptors (Lipinski definition) is 5. The number of anilines is 1. The van der Waals surface area contributed by atoms with Gasteiger partial charge in [0.1, 0.15) is 5.01 Å². The molecule has 17 heavy (non-hydrogen) atoms. The van der Waals surface area contributed by atoms with Crippen LogP contribution in [-0.2, 0) is 13.1 Å². The van der Waals surface area contributed by atoms with E-state index in [2.05, 4.69) is 44.1 Å². The highest BCUT2D eigenvalue weighted by Crippen LogP contribution is 2.19. The van der Waals surface area contributed by atoms with E-state index in [4.69, 9.17) is 5.73 Å². The van der Waals surface area contributed by atoms with E-state index in [1.54, 1.807) is 0 Å². The van der Waals surface area contributed by atoms with Crippen molar-refractivity contribution in [2.75, 3.05) is 12.8 Å². The number of benzene rings is 1. The largest absolute Gasteiger partial charge is 0.374 e. The minimum absolute atomic E-state index is 0.522. The molecule has 0 bridgehead atoms. The van der Waals surface area contributed by atoms with Crippen molar-refractivity contribution in [2.24, 2.45) is 0 Å². The summed E-state index contributed by atoms with van der Waals surface area (Å²) in [4.78, 5) is 2.18. The van der Waals surface area contributed by atoms with Crippen molar-refractivity contribution in [2.45, 2.75) is 13.1 Å². The summed E-state index contributed by atoms with van der Waals surface area (Å²) in [5, 5.41) is 9.28. The smallest absolute Gasteiger partial charge is 0.203 e. The molecule has 2 rings (SSSR count). The van der Waals surface area contributed by atoms with E-state index in [0.717, 1.165) is 22.6 Å². The Morgan fingerprint density at radius 1 is 1.29 bits per heavy atom. The van der Waals surface area contributed by atoms with Crippen LogP contribution in [0.5, 0.6) is 0 Å². The van der Waals surface area contributed by atoms with Crippen molar-refractivity contribution < 1.29 is 0 Å². The lowest BCUT2D eigenvalue weighted by Gasteiger charge is -2.15. The number of aromatic nitrogens is 2. The fraction of sp³-hybridized carbons (Fsp3) is 0.273. The predicted molar refractivity (Wildman–Crippen MR) is 73.6 cm³/mol. The van der Waals surface area contributed by atoms with E-state index in [9.17, 15) is 0 Å². The molecule has 0 aliphatic rings. The zero-order valence-corrected chi connectivity index (χ0v) is 11.8. The maximum Gasteiger partial charge on any atom is 0.203 e. The Labute approximate surface area is 113 Å². The Bertz CT molecular complexity index is 500. The molecule has 0 aliphatic carbocycles. The van der Waals surface area contributed by atoms with Crippen molar-refractivity contribution in [3.05, 3.63) is 39.3 Å². The molecule has 0 aliphatic heterocycles. The zero-order chi connectivity index (χ0) is 12.3. The van der Waals surface area contributed by atoms with Crippen molar-refractivity contribution in [1.82, 2.24) is 15.1 Å². The topological polar surface area (TPSA) is 55.0 Å². The van der Waals surface area contributed by atoms with Crippen LogP contribution < -0.4 is 5.73 Å². The van der Waals surface area contributed by atoms with Crippen LogP contribution in [-0.4, -0.2) is 22.1 Å². The molecule has 0 spiro atoms. The summed E-state index contributed by atoms with van der Waals surface area (Å²) in [7, 11) is 2.05. The van der Waals surface area contributed by atoms with Gasteiger partial charge in [0, 0.05) is 11.0 Å². The third-order valence-corrected chi connectivity index (χ3v) is 3.80. The summed E-state index contributed by atoms with van der Waals surface area (Å²) in [6.45, 7) is 1.62. The van der Waals surface area contributed by atoms with Crippen LogP contribution in [0.1, 0.15) is 10.6 Å². The number of hydrogen-bond donors (Lipinski definition) is 1. The second-order valence-electron chi connectivity index (χ2n) is 3.80. The molecule has 90 valence electrons. The molecular formula is C11H13BrN4S.